The highest BCUT2D eigenvalue weighted by atomic mass is 79.9. The van der Waals surface area contributed by atoms with E-state index in [9.17, 15) is 13.2 Å². The fourth-order valence-electron chi connectivity index (χ4n) is 3.63. The Bertz CT molecular complexity index is 947. The van der Waals surface area contributed by atoms with Crippen molar-refractivity contribution in [3.63, 3.8) is 0 Å². The lowest BCUT2D eigenvalue weighted by atomic mass is 9.98. The van der Waals surface area contributed by atoms with Crippen molar-refractivity contribution < 1.29 is 17.9 Å². The van der Waals surface area contributed by atoms with Gasteiger partial charge in [-0.3, -0.25) is 9.10 Å². The predicted molar refractivity (Wildman–Crippen MR) is 126 cm³/mol. The Balaban J connectivity index is 1.60. The monoisotopic (exact) mass is 508 g/mol. The minimum absolute atomic E-state index is 0.142. The van der Waals surface area contributed by atoms with Gasteiger partial charge in [-0.15, -0.1) is 0 Å². The van der Waals surface area contributed by atoms with Gasteiger partial charge in [-0.05, 0) is 49.6 Å². The second-order valence-electron chi connectivity index (χ2n) is 7.64. The van der Waals surface area contributed by atoms with Crippen molar-refractivity contribution in [1.82, 2.24) is 5.32 Å². The number of carbonyl (C=O) groups is 1. The van der Waals surface area contributed by atoms with Crippen LogP contribution in [0.5, 0.6) is 0 Å². The summed E-state index contributed by atoms with van der Waals surface area (Å²) >= 11 is 3.38. The van der Waals surface area contributed by atoms with E-state index in [1.54, 1.807) is 36.4 Å². The number of hydrogen-bond acceptors (Lipinski definition) is 4. The quantitative estimate of drug-likeness (QED) is 0.479. The van der Waals surface area contributed by atoms with Crippen LogP contribution in [0.2, 0.25) is 0 Å². The van der Waals surface area contributed by atoms with Gasteiger partial charge in [-0.2, -0.15) is 0 Å². The molecule has 0 aliphatic heterocycles. The Morgan fingerprint density at radius 3 is 2.52 bits per heavy atom. The molecule has 0 heterocycles. The number of rotatable bonds is 10. The van der Waals surface area contributed by atoms with Crippen LogP contribution in [0.3, 0.4) is 0 Å². The van der Waals surface area contributed by atoms with Crippen molar-refractivity contribution in [3.05, 3.63) is 59.1 Å². The van der Waals surface area contributed by atoms with Crippen LogP contribution in [-0.2, 0) is 19.6 Å². The summed E-state index contributed by atoms with van der Waals surface area (Å²) in [5, 5.41) is 2.82. The zero-order valence-electron chi connectivity index (χ0n) is 17.5. The average molecular weight is 509 g/mol. The summed E-state index contributed by atoms with van der Waals surface area (Å²) in [6, 6.07) is 15.1. The molecule has 0 unspecified atom stereocenters. The molecule has 1 aliphatic carbocycles. The number of amides is 1. The number of nitrogens with zero attached hydrogens (tertiary/aromatic N) is 1. The molecule has 1 N–H and O–H groups in total. The first-order valence-electron chi connectivity index (χ1n) is 10.7. The number of sulfonamides is 1. The fourth-order valence-corrected chi connectivity index (χ4v) is 5.46. The Labute approximate surface area is 193 Å². The normalized spacial score (nSPS) is 14.9. The molecule has 6 nitrogen and oxygen atoms in total. The number of ether oxygens (including phenoxy) is 1. The third-order valence-electron chi connectivity index (χ3n) is 5.26. The molecule has 168 valence electrons. The van der Waals surface area contributed by atoms with Crippen LogP contribution >= 0.6 is 15.9 Å². The topological polar surface area (TPSA) is 75.7 Å². The van der Waals surface area contributed by atoms with E-state index < -0.39 is 10.0 Å². The summed E-state index contributed by atoms with van der Waals surface area (Å²) < 4.78 is 34.2. The highest BCUT2D eigenvalue weighted by molar-refractivity contribution is 9.10. The molecular weight excluding hydrogens is 480 g/mol. The van der Waals surface area contributed by atoms with E-state index in [1.807, 2.05) is 6.07 Å². The SMILES string of the molecule is O=C(CN(c1cccc(Br)c1)S(=O)(=O)c1ccccc1)NCCCOC1CCCCC1. The number of hydrogen-bond donors (Lipinski definition) is 1. The second kappa shape index (κ2) is 11.6. The summed E-state index contributed by atoms with van der Waals surface area (Å²) in [5.74, 6) is -0.350. The van der Waals surface area contributed by atoms with Gasteiger partial charge < -0.3 is 10.1 Å². The van der Waals surface area contributed by atoms with Gasteiger partial charge in [0.1, 0.15) is 6.54 Å². The van der Waals surface area contributed by atoms with Crippen molar-refractivity contribution >= 4 is 37.5 Å². The van der Waals surface area contributed by atoms with Crippen LogP contribution < -0.4 is 9.62 Å². The van der Waals surface area contributed by atoms with Crippen molar-refractivity contribution in [2.45, 2.75) is 49.5 Å². The number of nitrogens with one attached hydrogen (secondary N) is 1. The maximum atomic E-state index is 13.2. The Morgan fingerprint density at radius 2 is 1.81 bits per heavy atom. The standard InChI is InChI=1S/C23H29BrN2O4S/c24-19-9-7-10-20(17-19)26(31(28,29)22-13-5-2-6-14-22)18-23(27)25-15-8-16-30-21-11-3-1-4-12-21/h2,5-7,9-10,13-14,17,21H,1,3-4,8,11-12,15-16,18H2,(H,25,27). The molecule has 0 atom stereocenters. The van der Waals surface area contributed by atoms with Gasteiger partial charge in [0.15, 0.2) is 0 Å². The van der Waals surface area contributed by atoms with Crippen LogP contribution in [-0.4, -0.2) is 40.1 Å². The maximum absolute atomic E-state index is 13.2. The van der Waals surface area contributed by atoms with E-state index in [0.29, 0.717) is 31.4 Å². The Kier molecular flexibility index (Phi) is 8.92. The van der Waals surface area contributed by atoms with E-state index in [-0.39, 0.29) is 17.3 Å². The summed E-state index contributed by atoms with van der Waals surface area (Å²) in [6.07, 6.45) is 7.01. The molecule has 8 heteroatoms. The van der Waals surface area contributed by atoms with E-state index in [0.717, 1.165) is 21.6 Å². The summed E-state index contributed by atoms with van der Waals surface area (Å²) in [5.41, 5.74) is 0.425. The molecule has 0 aromatic heterocycles. The molecule has 0 spiro atoms. The van der Waals surface area contributed by atoms with Crippen LogP contribution in [0.4, 0.5) is 5.69 Å². The molecule has 3 rings (SSSR count). The van der Waals surface area contributed by atoms with Crippen LogP contribution in [0, 0.1) is 0 Å². The van der Waals surface area contributed by atoms with E-state index in [4.69, 9.17) is 4.74 Å². The zero-order valence-corrected chi connectivity index (χ0v) is 19.9. The van der Waals surface area contributed by atoms with Crippen molar-refractivity contribution in [2.24, 2.45) is 0 Å². The third-order valence-corrected chi connectivity index (χ3v) is 7.54. The lowest BCUT2D eigenvalue weighted by Gasteiger charge is -2.24. The Hall–Kier alpha value is -1.90. The largest absolute Gasteiger partial charge is 0.378 e. The van der Waals surface area contributed by atoms with Gasteiger partial charge >= 0.3 is 0 Å². The molecule has 0 radical (unpaired) electrons. The van der Waals surface area contributed by atoms with Crippen molar-refractivity contribution in [1.29, 1.82) is 0 Å². The third kappa shape index (κ3) is 7.05. The average Bonchev–Trinajstić information content (AvgIpc) is 2.78. The molecule has 1 amide bonds. The van der Waals surface area contributed by atoms with Gasteiger partial charge in [-0.1, -0.05) is 59.5 Å². The van der Waals surface area contributed by atoms with Crippen molar-refractivity contribution in [2.75, 3.05) is 24.0 Å². The lowest BCUT2D eigenvalue weighted by Crippen LogP contribution is -2.41. The van der Waals surface area contributed by atoms with Gasteiger partial charge in [-0.25, -0.2) is 8.42 Å². The highest BCUT2D eigenvalue weighted by Gasteiger charge is 2.27. The molecular formula is C23H29BrN2O4S. The minimum atomic E-state index is -3.89. The van der Waals surface area contributed by atoms with Gasteiger partial charge in [0.2, 0.25) is 5.91 Å². The molecule has 2 aromatic rings. The number of carbonyl (C=O) groups excluding carboxylic acids is 1. The molecule has 1 aliphatic rings. The second-order valence-corrected chi connectivity index (χ2v) is 10.4. The van der Waals surface area contributed by atoms with Gasteiger partial charge in [0.05, 0.1) is 16.7 Å². The van der Waals surface area contributed by atoms with Gasteiger partial charge in [0.25, 0.3) is 10.0 Å². The lowest BCUT2D eigenvalue weighted by molar-refractivity contribution is -0.119. The van der Waals surface area contributed by atoms with E-state index >= 15 is 0 Å². The first-order chi connectivity index (χ1) is 15.0. The highest BCUT2D eigenvalue weighted by Crippen LogP contribution is 2.26. The molecule has 1 fully saturated rings. The molecule has 0 bridgehead atoms. The summed E-state index contributed by atoms with van der Waals surface area (Å²) in [6.45, 7) is 0.753. The fraction of sp³-hybridized carbons (Fsp3) is 0.435. The number of halogens is 1. The van der Waals surface area contributed by atoms with Crippen LogP contribution in [0.25, 0.3) is 0 Å². The molecule has 0 saturated heterocycles. The molecule has 31 heavy (non-hydrogen) atoms. The summed E-state index contributed by atoms with van der Waals surface area (Å²) in [4.78, 5) is 12.7. The van der Waals surface area contributed by atoms with Crippen molar-refractivity contribution in [3.8, 4) is 0 Å². The van der Waals surface area contributed by atoms with E-state index in [2.05, 4.69) is 21.2 Å². The molecule has 2 aromatic carbocycles. The first kappa shape index (κ1) is 23.8. The Morgan fingerprint density at radius 1 is 1.06 bits per heavy atom. The number of anilines is 1. The predicted octanol–water partition coefficient (Wildman–Crippen LogP) is 4.50. The number of benzene rings is 2. The first-order valence-corrected chi connectivity index (χ1v) is 12.9. The summed E-state index contributed by atoms with van der Waals surface area (Å²) in [7, 11) is -3.89. The smallest absolute Gasteiger partial charge is 0.264 e. The molecule has 1 saturated carbocycles. The zero-order chi connectivity index (χ0) is 22.1. The van der Waals surface area contributed by atoms with Crippen LogP contribution in [0.1, 0.15) is 38.5 Å². The minimum Gasteiger partial charge on any atom is -0.378 e. The van der Waals surface area contributed by atoms with Gasteiger partial charge in [0, 0.05) is 17.6 Å². The maximum Gasteiger partial charge on any atom is 0.264 e. The van der Waals surface area contributed by atoms with Crippen LogP contribution in [0.15, 0.2) is 64.0 Å². The van der Waals surface area contributed by atoms with E-state index in [1.165, 1.54) is 31.4 Å².